The number of imide groups is 1. The first-order valence-electron chi connectivity index (χ1n) is 7.44. The van der Waals surface area contributed by atoms with Crippen molar-refractivity contribution in [1.29, 1.82) is 0 Å². The minimum absolute atomic E-state index is 0.158. The summed E-state index contributed by atoms with van der Waals surface area (Å²) in [7, 11) is 1.79. The van der Waals surface area contributed by atoms with Crippen LogP contribution < -0.4 is 10.6 Å². The predicted molar refractivity (Wildman–Crippen MR) is 77.3 cm³/mol. The van der Waals surface area contributed by atoms with Crippen molar-refractivity contribution in [2.45, 2.75) is 57.6 Å². The molecule has 1 unspecified atom stereocenters. The summed E-state index contributed by atoms with van der Waals surface area (Å²) in [6.07, 6.45) is 5.73. The molecule has 1 atom stereocenters. The molecule has 3 amide bonds. The van der Waals surface area contributed by atoms with Gasteiger partial charge >= 0.3 is 6.03 Å². The molecule has 0 bridgehead atoms. The van der Waals surface area contributed by atoms with Gasteiger partial charge in [-0.2, -0.15) is 0 Å². The van der Waals surface area contributed by atoms with Gasteiger partial charge in [-0.15, -0.1) is 0 Å². The Bertz CT molecular complexity index is 315. The molecule has 0 heterocycles. The molecule has 0 aromatic heterocycles. The van der Waals surface area contributed by atoms with Gasteiger partial charge in [-0.05, 0) is 33.2 Å². The molecule has 1 rings (SSSR count). The van der Waals surface area contributed by atoms with Gasteiger partial charge in [0, 0.05) is 12.6 Å². The molecular formula is C14H27N3O3. The molecule has 1 saturated carbocycles. The van der Waals surface area contributed by atoms with Crippen LogP contribution in [0.3, 0.4) is 0 Å². The van der Waals surface area contributed by atoms with Crippen LogP contribution in [0.4, 0.5) is 4.79 Å². The van der Waals surface area contributed by atoms with E-state index in [0.29, 0.717) is 13.0 Å². The van der Waals surface area contributed by atoms with Crippen molar-refractivity contribution in [3.05, 3.63) is 0 Å². The van der Waals surface area contributed by atoms with Crippen molar-refractivity contribution in [2.24, 2.45) is 0 Å². The minimum atomic E-state index is -0.397. The Hall–Kier alpha value is -1.14. The normalized spacial score (nSPS) is 17.8. The molecule has 6 heteroatoms. The fourth-order valence-electron chi connectivity index (χ4n) is 2.37. The number of carbonyl (C=O) groups excluding carboxylic acids is 2. The fourth-order valence-corrected chi connectivity index (χ4v) is 2.37. The van der Waals surface area contributed by atoms with E-state index in [1.807, 2.05) is 0 Å². The van der Waals surface area contributed by atoms with Crippen LogP contribution in [-0.4, -0.2) is 54.2 Å². The van der Waals surface area contributed by atoms with Gasteiger partial charge in [-0.3, -0.25) is 15.0 Å². The number of amides is 3. The Morgan fingerprint density at radius 2 is 1.95 bits per heavy atom. The van der Waals surface area contributed by atoms with E-state index in [4.69, 9.17) is 0 Å². The second kappa shape index (κ2) is 8.92. The zero-order chi connectivity index (χ0) is 15.0. The molecule has 0 aliphatic heterocycles. The SMILES string of the molecule is CC(O)CCN(C)CC(=O)NC(=O)NC1CCCCC1. The number of rotatable bonds is 6. The predicted octanol–water partition coefficient (Wildman–Crippen LogP) is 0.848. The average Bonchev–Trinajstić information content (AvgIpc) is 2.37. The van der Waals surface area contributed by atoms with E-state index in [9.17, 15) is 14.7 Å². The molecule has 116 valence electrons. The third kappa shape index (κ3) is 7.45. The van der Waals surface area contributed by atoms with E-state index < -0.39 is 6.03 Å². The van der Waals surface area contributed by atoms with Crippen LogP contribution in [0.15, 0.2) is 0 Å². The summed E-state index contributed by atoms with van der Waals surface area (Å²) in [6, 6.07) is -0.199. The third-order valence-electron chi connectivity index (χ3n) is 3.54. The lowest BCUT2D eigenvalue weighted by atomic mass is 9.96. The van der Waals surface area contributed by atoms with Crippen LogP contribution in [0.5, 0.6) is 0 Å². The summed E-state index contributed by atoms with van der Waals surface area (Å²) in [5, 5.41) is 14.4. The lowest BCUT2D eigenvalue weighted by molar-refractivity contribution is -0.120. The molecule has 6 nitrogen and oxygen atoms in total. The summed E-state index contributed by atoms with van der Waals surface area (Å²) in [6.45, 7) is 2.49. The van der Waals surface area contributed by atoms with E-state index in [1.165, 1.54) is 6.42 Å². The largest absolute Gasteiger partial charge is 0.393 e. The maximum atomic E-state index is 11.7. The Morgan fingerprint density at radius 3 is 2.55 bits per heavy atom. The number of nitrogens with one attached hydrogen (secondary N) is 2. The summed E-state index contributed by atoms with van der Waals surface area (Å²) >= 11 is 0. The number of aliphatic hydroxyl groups excluding tert-OH is 1. The first kappa shape index (κ1) is 16.9. The maximum Gasteiger partial charge on any atom is 0.321 e. The highest BCUT2D eigenvalue weighted by molar-refractivity contribution is 5.95. The second-order valence-corrected chi connectivity index (χ2v) is 5.73. The number of likely N-dealkylation sites (N-methyl/N-ethyl adjacent to an activating group) is 1. The quantitative estimate of drug-likeness (QED) is 0.675. The van der Waals surface area contributed by atoms with Crippen LogP contribution >= 0.6 is 0 Å². The molecule has 1 aliphatic carbocycles. The number of nitrogens with zero attached hydrogens (tertiary/aromatic N) is 1. The van der Waals surface area contributed by atoms with Gasteiger partial charge in [0.25, 0.3) is 0 Å². The standard InChI is InChI=1S/C14H27N3O3/c1-11(18)8-9-17(2)10-13(19)16-14(20)15-12-6-4-3-5-7-12/h11-12,18H,3-10H2,1-2H3,(H2,15,16,19,20). The van der Waals surface area contributed by atoms with E-state index >= 15 is 0 Å². The van der Waals surface area contributed by atoms with Crippen molar-refractivity contribution in [1.82, 2.24) is 15.5 Å². The van der Waals surface area contributed by atoms with Gasteiger partial charge in [0.15, 0.2) is 0 Å². The lowest BCUT2D eigenvalue weighted by Gasteiger charge is -2.23. The fraction of sp³-hybridized carbons (Fsp3) is 0.857. The smallest absolute Gasteiger partial charge is 0.321 e. The zero-order valence-electron chi connectivity index (χ0n) is 12.5. The first-order chi connectivity index (χ1) is 9.47. The number of carbonyl (C=O) groups is 2. The number of aliphatic hydroxyl groups is 1. The van der Waals surface area contributed by atoms with E-state index in [2.05, 4.69) is 10.6 Å². The van der Waals surface area contributed by atoms with E-state index in [0.717, 1.165) is 25.7 Å². The molecule has 1 aliphatic rings. The van der Waals surface area contributed by atoms with Crippen molar-refractivity contribution in [3.8, 4) is 0 Å². The van der Waals surface area contributed by atoms with Crippen LogP contribution in [0.2, 0.25) is 0 Å². The molecule has 0 aromatic rings. The summed E-state index contributed by atoms with van der Waals surface area (Å²) in [4.78, 5) is 25.1. The number of hydrogen-bond acceptors (Lipinski definition) is 4. The highest BCUT2D eigenvalue weighted by Crippen LogP contribution is 2.17. The van der Waals surface area contributed by atoms with Crippen molar-refractivity contribution >= 4 is 11.9 Å². The minimum Gasteiger partial charge on any atom is -0.393 e. The highest BCUT2D eigenvalue weighted by Gasteiger charge is 2.17. The molecular weight excluding hydrogens is 258 g/mol. The number of hydrogen-bond donors (Lipinski definition) is 3. The molecule has 0 spiro atoms. The first-order valence-corrected chi connectivity index (χ1v) is 7.44. The second-order valence-electron chi connectivity index (χ2n) is 5.73. The summed E-state index contributed by atoms with van der Waals surface area (Å²) in [5.41, 5.74) is 0. The third-order valence-corrected chi connectivity index (χ3v) is 3.54. The van der Waals surface area contributed by atoms with Crippen LogP contribution in [-0.2, 0) is 4.79 Å². The lowest BCUT2D eigenvalue weighted by Crippen LogP contribution is -2.47. The van der Waals surface area contributed by atoms with Gasteiger partial charge in [0.2, 0.25) is 5.91 Å². The van der Waals surface area contributed by atoms with E-state index in [1.54, 1.807) is 18.9 Å². The maximum absolute atomic E-state index is 11.7. The summed E-state index contributed by atoms with van der Waals surface area (Å²) < 4.78 is 0. The van der Waals surface area contributed by atoms with Gasteiger partial charge in [-0.1, -0.05) is 19.3 Å². The Kier molecular flexibility index (Phi) is 7.54. The Balaban J connectivity index is 2.18. The monoisotopic (exact) mass is 285 g/mol. The molecule has 3 N–H and O–H groups in total. The van der Waals surface area contributed by atoms with Crippen molar-refractivity contribution in [3.63, 3.8) is 0 Å². The Labute approximate surface area is 120 Å². The molecule has 20 heavy (non-hydrogen) atoms. The molecule has 0 radical (unpaired) electrons. The number of urea groups is 1. The topological polar surface area (TPSA) is 81.7 Å². The average molecular weight is 285 g/mol. The molecule has 0 aromatic carbocycles. The van der Waals surface area contributed by atoms with Crippen LogP contribution in [0, 0.1) is 0 Å². The highest BCUT2D eigenvalue weighted by atomic mass is 16.3. The van der Waals surface area contributed by atoms with Gasteiger partial charge in [-0.25, -0.2) is 4.79 Å². The summed E-state index contributed by atoms with van der Waals surface area (Å²) in [5.74, 6) is -0.314. The van der Waals surface area contributed by atoms with E-state index in [-0.39, 0.29) is 24.6 Å². The van der Waals surface area contributed by atoms with Gasteiger partial charge < -0.3 is 10.4 Å². The van der Waals surface area contributed by atoms with Crippen molar-refractivity contribution in [2.75, 3.05) is 20.1 Å². The van der Waals surface area contributed by atoms with Gasteiger partial charge in [0.05, 0.1) is 12.6 Å². The van der Waals surface area contributed by atoms with Crippen LogP contribution in [0.25, 0.3) is 0 Å². The Morgan fingerprint density at radius 1 is 1.30 bits per heavy atom. The molecule has 1 fully saturated rings. The zero-order valence-corrected chi connectivity index (χ0v) is 12.5. The molecule has 0 saturated heterocycles. The van der Waals surface area contributed by atoms with Crippen molar-refractivity contribution < 1.29 is 14.7 Å². The van der Waals surface area contributed by atoms with Gasteiger partial charge in [0.1, 0.15) is 0 Å². The van der Waals surface area contributed by atoms with Crippen LogP contribution in [0.1, 0.15) is 45.4 Å².